The number of carbonyl (C=O) groups excluding carboxylic acids is 2. The maximum absolute atomic E-state index is 13.9. The molecule has 1 aliphatic carbocycles. The van der Waals surface area contributed by atoms with Gasteiger partial charge in [-0.3, -0.25) is 4.79 Å². The Morgan fingerprint density at radius 1 is 1.11 bits per heavy atom. The summed E-state index contributed by atoms with van der Waals surface area (Å²) in [5.74, 6) is 1.97. The van der Waals surface area contributed by atoms with Gasteiger partial charge in [0, 0.05) is 39.2 Å². The minimum absolute atomic E-state index is 0.0728. The highest BCUT2D eigenvalue weighted by atomic mass is 32.1. The van der Waals surface area contributed by atoms with Crippen LogP contribution in [0.2, 0.25) is 0 Å². The SMILES string of the molecule is CCC(C)C(NC(=O)OC)C(=O)N1CCCC1c1ncc(-c2ccc(-c3sc(-c4ccc5nc(C)[nH]c5c4)c(C)c3CC3(C)CCCC3)c(C=N)c2OC)[nH]1. The van der Waals surface area contributed by atoms with Crippen molar-refractivity contribution >= 4 is 40.6 Å². The van der Waals surface area contributed by atoms with Crippen molar-refractivity contribution in [2.24, 2.45) is 11.3 Å². The zero-order valence-corrected chi connectivity index (χ0v) is 33.8. The van der Waals surface area contributed by atoms with Gasteiger partial charge in [-0.05, 0) is 92.2 Å². The number of alkyl carbamates (subject to hydrolysis) is 1. The van der Waals surface area contributed by atoms with Gasteiger partial charge in [0.15, 0.2) is 0 Å². The lowest BCUT2D eigenvalue weighted by atomic mass is 9.80. The number of fused-ring (bicyclic) bond motifs is 1. The highest BCUT2D eigenvalue weighted by molar-refractivity contribution is 7.19. The number of ether oxygens (including phenoxy) is 2. The Hall–Kier alpha value is -4.97. The van der Waals surface area contributed by atoms with Crippen LogP contribution in [0.3, 0.4) is 0 Å². The third-order valence-corrected chi connectivity index (χ3v) is 13.4. The molecule has 290 valence electrons. The van der Waals surface area contributed by atoms with Gasteiger partial charge in [-0.1, -0.05) is 52.2 Å². The summed E-state index contributed by atoms with van der Waals surface area (Å²) in [6.07, 6.45) is 10.8. The lowest BCUT2D eigenvalue weighted by molar-refractivity contribution is -0.135. The van der Waals surface area contributed by atoms with Crippen molar-refractivity contribution in [3.63, 3.8) is 0 Å². The second-order valence-electron chi connectivity index (χ2n) is 15.7. The van der Waals surface area contributed by atoms with Crippen LogP contribution in [0.5, 0.6) is 5.75 Å². The Bertz CT molecular complexity index is 2230. The maximum Gasteiger partial charge on any atom is 0.407 e. The van der Waals surface area contributed by atoms with Crippen molar-refractivity contribution in [1.82, 2.24) is 30.2 Å². The number of aryl methyl sites for hydroxylation is 1. The average Bonchev–Trinajstić information content (AvgIpc) is 4.04. The summed E-state index contributed by atoms with van der Waals surface area (Å²) < 4.78 is 11.0. The largest absolute Gasteiger partial charge is 0.495 e. The first kappa shape index (κ1) is 38.3. The molecule has 2 aromatic carbocycles. The number of methoxy groups -OCH3 is 2. The quantitative estimate of drug-likeness (QED) is 0.0931. The third-order valence-electron chi connectivity index (χ3n) is 12.0. The fourth-order valence-electron chi connectivity index (χ4n) is 8.74. The standard InChI is InChI=1S/C43H53N7O4S/c1-8-24(2)36(49-42(52)54-7)41(51)50-19-11-12-35(50)40-45-23-34(48-40)29-15-14-28(31(22-44)37(29)53-6)39-30(21-43(5)17-9-10-18-43)25(3)38(55-39)27-13-16-32-33(20-27)47-26(4)46-32/h13-16,20,22-24,35-36,44H,8-12,17-19,21H2,1-7H3,(H,45,48)(H,46,47)(H,49,52). The number of H-pyrrole nitrogens is 2. The number of carbonyl (C=O) groups is 2. The normalized spacial score (nSPS) is 17.7. The van der Waals surface area contributed by atoms with E-state index in [1.807, 2.05) is 25.7 Å². The van der Waals surface area contributed by atoms with Crippen LogP contribution >= 0.6 is 11.3 Å². The Morgan fingerprint density at radius 3 is 2.58 bits per heavy atom. The molecule has 5 aromatic rings. The number of benzene rings is 2. The molecule has 2 aliphatic rings. The van der Waals surface area contributed by atoms with Gasteiger partial charge in [0.2, 0.25) is 5.91 Å². The van der Waals surface area contributed by atoms with Gasteiger partial charge in [0.1, 0.15) is 23.4 Å². The molecule has 1 saturated carbocycles. The van der Waals surface area contributed by atoms with Crippen molar-refractivity contribution < 1.29 is 19.1 Å². The third kappa shape index (κ3) is 7.28. The Balaban J connectivity index is 1.26. The van der Waals surface area contributed by atoms with Gasteiger partial charge in [-0.2, -0.15) is 0 Å². The van der Waals surface area contributed by atoms with Crippen LogP contribution in [0.4, 0.5) is 4.79 Å². The number of amides is 2. The monoisotopic (exact) mass is 763 g/mol. The minimum atomic E-state index is -0.699. The first-order valence-electron chi connectivity index (χ1n) is 19.5. The van der Waals surface area contributed by atoms with Gasteiger partial charge >= 0.3 is 6.09 Å². The number of aromatic nitrogens is 4. The van der Waals surface area contributed by atoms with E-state index in [4.69, 9.17) is 19.9 Å². The van der Waals surface area contributed by atoms with Gasteiger partial charge < -0.3 is 35.1 Å². The maximum atomic E-state index is 13.9. The fraction of sp³-hybridized carbons (Fsp3) is 0.465. The van der Waals surface area contributed by atoms with Gasteiger partial charge in [0.25, 0.3) is 0 Å². The summed E-state index contributed by atoms with van der Waals surface area (Å²) in [7, 11) is 2.96. The van der Waals surface area contributed by atoms with Crippen molar-refractivity contribution in [3.05, 3.63) is 64.9 Å². The van der Waals surface area contributed by atoms with E-state index >= 15 is 0 Å². The number of likely N-dealkylation sites (tertiary alicyclic amines) is 1. The lowest BCUT2D eigenvalue weighted by Crippen LogP contribution is -2.51. The van der Waals surface area contributed by atoms with E-state index in [1.54, 1.807) is 24.6 Å². The van der Waals surface area contributed by atoms with Crippen LogP contribution in [0, 0.1) is 30.6 Å². The molecule has 1 aliphatic heterocycles. The second kappa shape index (κ2) is 15.6. The summed E-state index contributed by atoms with van der Waals surface area (Å²) in [5.41, 5.74) is 9.23. The Morgan fingerprint density at radius 2 is 1.87 bits per heavy atom. The minimum Gasteiger partial charge on any atom is -0.495 e. The summed E-state index contributed by atoms with van der Waals surface area (Å²) in [5, 5.41) is 11.5. The van der Waals surface area contributed by atoms with Crippen LogP contribution in [0.25, 0.3) is 43.2 Å². The van der Waals surface area contributed by atoms with Crippen molar-refractivity contribution in [2.75, 3.05) is 20.8 Å². The molecule has 7 rings (SSSR count). The van der Waals surface area contributed by atoms with Gasteiger partial charge in [-0.25, -0.2) is 14.8 Å². The number of hydrogen-bond donors (Lipinski definition) is 4. The van der Waals surface area contributed by atoms with Crippen molar-refractivity contribution in [1.29, 1.82) is 5.41 Å². The molecule has 11 nitrogen and oxygen atoms in total. The van der Waals surface area contributed by atoms with Crippen LogP contribution < -0.4 is 10.1 Å². The van der Waals surface area contributed by atoms with E-state index in [0.29, 0.717) is 23.7 Å². The zero-order chi connectivity index (χ0) is 39.0. The molecule has 12 heteroatoms. The number of nitrogens with zero attached hydrogens (tertiary/aromatic N) is 3. The summed E-state index contributed by atoms with van der Waals surface area (Å²) >= 11 is 1.79. The molecule has 55 heavy (non-hydrogen) atoms. The molecular weight excluding hydrogens is 711 g/mol. The molecule has 1 saturated heterocycles. The number of hydrogen-bond acceptors (Lipinski definition) is 8. The molecule has 2 amide bonds. The van der Waals surface area contributed by atoms with Crippen LogP contribution in [-0.4, -0.2) is 69.9 Å². The van der Waals surface area contributed by atoms with E-state index < -0.39 is 12.1 Å². The van der Waals surface area contributed by atoms with E-state index in [9.17, 15) is 9.59 Å². The number of thiophene rings is 1. The Kier molecular flexibility index (Phi) is 10.9. The molecule has 3 atom stereocenters. The fourth-order valence-corrected chi connectivity index (χ4v) is 10.1. The van der Waals surface area contributed by atoms with E-state index in [-0.39, 0.29) is 23.3 Å². The first-order chi connectivity index (χ1) is 26.5. The van der Waals surface area contributed by atoms with Gasteiger partial charge in [-0.15, -0.1) is 11.3 Å². The van der Waals surface area contributed by atoms with E-state index in [1.165, 1.54) is 59.9 Å². The second-order valence-corrected chi connectivity index (χ2v) is 16.8. The predicted molar refractivity (Wildman–Crippen MR) is 219 cm³/mol. The number of rotatable bonds is 12. The molecule has 0 bridgehead atoms. The lowest BCUT2D eigenvalue weighted by Gasteiger charge is -2.30. The van der Waals surface area contributed by atoms with Crippen LogP contribution in [0.1, 0.15) is 100 Å². The molecule has 2 fully saturated rings. The van der Waals surface area contributed by atoms with Crippen LogP contribution in [-0.2, 0) is 16.0 Å². The van der Waals surface area contributed by atoms with E-state index in [0.717, 1.165) is 64.9 Å². The van der Waals surface area contributed by atoms with Crippen LogP contribution in [0.15, 0.2) is 36.5 Å². The summed E-state index contributed by atoms with van der Waals surface area (Å²) in [6.45, 7) is 11.2. The van der Waals surface area contributed by atoms with Crippen molar-refractivity contribution in [3.8, 4) is 37.9 Å². The summed E-state index contributed by atoms with van der Waals surface area (Å²) in [6, 6.07) is 9.68. The molecular formula is C43H53N7O4S. The number of aromatic amines is 2. The predicted octanol–water partition coefficient (Wildman–Crippen LogP) is 9.53. The molecule has 4 N–H and O–H groups in total. The molecule has 3 unspecified atom stereocenters. The molecule has 4 heterocycles. The number of nitrogens with one attached hydrogen (secondary N) is 4. The average molecular weight is 764 g/mol. The molecule has 3 aromatic heterocycles. The van der Waals surface area contributed by atoms with Crippen molar-refractivity contribution in [2.45, 2.75) is 98.1 Å². The highest BCUT2D eigenvalue weighted by Gasteiger charge is 2.38. The summed E-state index contributed by atoms with van der Waals surface area (Å²) in [4.78, 5) is 46.7. The van der Waals surface area contributed by atoms with E-state index in [2.05, 4.69) is 64.4 Å². The van der Waals surface area contributed by atoms with Gasteiger partial charge in [0.05, 0.1) is 43.2 Å². The first-order valence-corrected chi connectivity index (χ1v) is 20.3. The smallest absolute Gasteiger partial charge is 0.407 e. The topological polar surface area (TPSA) is 149 Å². The Labute approximate surface area is 327 Å². The highest BCUT2D eigenvalue weighted by Crippen LogP contribution is 2.50. The molecule has 0 spiro atoms. The molecule has 0 radical (unpaired) electrons. The number of imidazole rings is 2. The zero-order valence-electron chi connectivity index (χ0n) is 33.0.